The molecule has 1 aromatic carbocycles. The van der Waals surface area contributed by atoms with Crippen LogP contribution < -0.4 is 4.74 Å². The first kappa shape index (κ1) is 21.6. The van der Waals surface area contributed by atoms with Crippen molar-refractivity contribution in [2.45, 2.75) is 32.7 Å². The molecule has 4 rings (SSSR count). The van der Waals surface area contributed by atoms with Crippen molar-refractivity contribution < 1.29 is 19.4 Å². The number of aryl methyl sites for hydroxylation is 1. The first-order valence-corrected chi connectivity index (χ1v) is 10.6. The van der Waals surface area contributed by atoms with Crippen molar-refractivity contribution in [3.63, 3.8) is 0 Å². The number of halogens is 1. The van der Waals surface area contributed by atoms with E-state index in [4.69, 9.17) is 21.4 Å². The number of fused-ring (bicyclic) bond motifs is 1. The third kappa shape index (κ3) is 4.22. The fourth-order valence-corrected chi connectivity index (χ4v) is 3.83. The summed E-state index contributed by atoms with van der Waals surface area (Å²) in [4.78, 5) is 31.6. The van der Waals surface area contributed by atoms with Crippen molar-refractivity contribution in [2.75, 3.05) is 0 Å². The van der Waals surface area contributed by atoms with Crippen LogP contribution in [0.15, 0.2) is 48.7 Å². The highest BCUT2D eigenvalue weighted by atomic mass is 35.5. The number of hydrogen-bond donors (Lipinski definition) is 1. The molecular formula is C23H21ClN4O4. The summed E-state index contributed by atoms with van der Waals surface area (Å²) in [6.45, 7) is 2.53. The number of aldehydes is 1. The highest BCUT2D eigenvalue weighted by Crippen LogP contribution is 2.31. The molecule has 4 aromatic rings. The second-order valence-electron chi connectivity index (χ2n) is 7.27. The van der Waals surface area contributed by atoms with Gasteiger partial charge in [-0.1, -0.05) is 55.3 Å². The van der Waals surface area contributed by atoms with Crippen LogP contribution >= 0.6 is 11.6 Å². The van der Waals surface area contributed by atoms with Crippen molar-refractivity contribution >= 4 is 29.7 Å². The number of aromatic nitrogens is 4. The Morgan fingerprint density at radius 1 is 1.19 bits per heavy atom. The molecule has 0 saturated carbocycles. The molecule has 0 unspecified atom stereocenters. The molecule has 3 heterocycles. The Labute approximate surface area is 189 Å². The summed E-state index contributed by atoms with van der Waals surface area (Å²) in [5, 5.41) is 9.36. The van der Waals surface area contributed by atoms with Crippen LogP contribution in [-0.2, 0) is 13.0 Å². The van der Waals surface area contributed by atoms with Gasteiger partial charge in [0.1, 0.15) is 22.9 Å². The number of carboxylic acid groups (broad SMARTS) is 1. The number of rotatable bonds is 8. The summed E-state index contributed by atoms with van der Waals surface area (Å²) in [5.74, 6) is 0.910. The number of ether oxygens (including phenoxy) is 1. The van der Waals surface area contributed by atoms with Crippen molar-refractivity contribution in [1.82, 2.24) is 18.9 Å². The number of hydrogen-bond acceptors (Lipinski definition) is 5. The first-order chi connectivity index (χ1) is 15.5. The van der Waals surface area contributed by atoms with Crippen molar-refractivity contribution in [1.29, 1.82) is 0 Å². The van der Waals surface area contributed by atoms with Gasteiger partial charge in [0.25, 0.3) is 0 Å². The lowest BCUT2D eigenvalue weighted by Gasteiger charge is -2.10. The van der Waals surface area contributed by atoms with Crippen LogP contribution in [0.1, 0.15) is 41.6 Å². The van der Waals surface area contributed by atoms with E-state index in [-0.39, 0.29) is 11.0 Å². The second kappa shape index (κ2) is 9.23. The number of pyridine rings is 1. The van der Waals surface area contributed by atoms with Gasteiger partial charge in [0.05, 0.1) is 0 Å². The maximum absolute atomic E-state index is 11.6. The molecule has 0 aliphatic heterocycles. The molecule has 1 N–H and O–H groups in total. The van der Waals surface area contributed by atoms with E-state index in [9.17, 15) is 9.59 Å². The predicted molar refractivity (Wildman–Crippen MR) is 120 cm³/mol. The highest BCUT2D eigenvalue weighted by molar-refractivity contribution is 6.31. The fourth-order valence-electron chi connectivity index (χ4n) is 3.59. The largest absolute Gasteiger partial charge is 0.512 e. The van der Waals surface area contributed by atoms with Crippen LogP contribution in [0.4, 0.5) is 4.79 Å². The van der Waals surface area contributed by atoms with E-state index in [2.05, 4.69) is 16.9 Å². The van der Waals surface area contributed by atoms with Crippen LogP contribution in [0.2, 0.25) is 5.15 Å². The normalized spacial score (nSPS) is 11.1. The van der Waals surface area contributed by atoms with Crippen LogP contribution in [0.25, 0.3) is 16.9 Å². The fraction of sp³-hybridized carbons (Fsp3) is 0.217. The molecule has 0 aliphatic rings. The van der Waals surface area contributed by atoms with E-state index in [0.717, 1.165) is 36.9 Å². The molecule has 9 heteroatoms. The minimum Gasteiger partial charge on any atom is -0.449 e. The van der Waals surface area contributed by atoms with Gasteiger partial charge in [-0.2, -0.15) is 0 Å². The topological polar surface area (TPSA) is 98.7 Å². The Bertz CT molecular complexity index is 1280. The van der Waals surface area contributed by atoms with E-state index in [0.29, 0.717) is 29.1 Å². The van der Waals surface area contributed by atoms with Gasteiger partial charge in [0.15, 0.2) is 11.4 Å². The van der Waals surface area contributed by atoms with E-state index in [1.165, 1.54) is 0 Å². The lowest BCUT2D eigenvalue weighted by Crippen LogP contribution is -2.09. The number of benzene rings is 1. The molecule has 8 nitrogen and oxygen atoms in total. The lowest BCUT2D eigenvalue weighted by molar-refractivity contribution is 0.111. The number of imidazole rings is 2. The summed E-state index contributed by atoms with van der Waals surface area (Å²) >= 11 is 6.16. The zero-order valence-electron chi connectivity index (χ0n) is 17.4. The van der Waals surface area contributed by atoms with Gasteiger partial charge in [-0.05, 0) is 24.1 Å². The van der Waals surface area contributed by atoms with Crippen molar-refractivity contribution in [3.05, 3.63) is 70.9 Å². The Morgan fingerprint density at radius 3 is 2.66 bits per heavy atom. The summed E-state index contributed by atoms with van der Waals surface area (Å²) in [6, 6.07) is 12.8. The van der Waals surface area contributed by atoms with Crippen molar-refractivity contribution in [2.24, 2.45) is 0 Å². The van der Waals surface area contributed by atoms with E-state index in [1.54, 1.807) is 22.7 Å². The Morgan fingerprint density at radius 2 is 1.97 bits per heavy atom. The molecule has 0 fully saturated rings. The molecule has 0 aliphatic carbocycles. The van der Waals surface area contributed by atoms with Crippen molar-refractivity contribution in [3.8, 4) is 17.1 Å². The Balaban J connectivity index is 1.67. The Kier molecular flexibility index (Phi) is 6.23. The minimum atomic E-state index is -1.41. The van der Waals surface area contributed by atoms with Gasteiger partial charge < -0.3 is 14.4 Å². The third-order valence-electron chi connectivity index (χ3n) is 5.14. The zero-order valence-corrected chi connectivity index (χ0v) is 18.1. The number of unbranched alkanes of at least 4 members (excludes halogenated alkanes) is 1. The molecule has 0 amide bonds. The molecule has 0 saturated heterocycles. The number of nitrogens with zero attached hydrogens (tertiary/aromatic N) is 4. The molecule has 0 radical (unpaired) electrons. The standard InChI is InChI=1S/C23H21ClN4O4/c1-2-3-6-19-26-21(24)17(14-29)28(19)13-15-8-10-16(11-9-15)20-22(32-23(30)31)27-12-5-4-7-18(27)25-20/h4-5,7-12,14H,2-3,6,13H2,1H3,(H,30,31). The molecule has 3 aromatic heterocycles. The smallest absolute Gasteiger partial charge is 0.449 e. The van der Waals surface area contributed by atoms with Crippen LogP contribution in [-0.4, -0.2) is 36.5 Å². The summed E-state index contributed by atoms with van der Waals surface area (Å²) in [7, 11) is 0. The average Bonchev–Trinajstić information content (AvgIpc) is 3.29. The maximum atomic E-state index is 11.6. The monoisotopic (exact) mass is 452 g/mol. The third-order valence-corrected chi connectivity index (χ3v) is 5.42. The number of carbonyl (C=O) groups is 2. The molecule has 0 spiro atoms. The van der Waals surface area contributed by atoms with Gasteiger partial charge >= 0.3 is 6.16 Å². The van der Waals surface area contributed by atoms with Crippen LogP contribution in [0.5, 0.6) is 5.88 Å². The van der Waals surface area contributed by atoms with Crippen LogP contribution in [0, 0.1) is 0 Å². The molecule has 164 valence electrons. The predicted octanol–water partition coefficient (Wildman–Crippen LogP) is 5.11. The average molecular weight is 453 g/mol. The summed E-state index contributed by atoms with van der Waals surface area (Å²) in [5.41, 5.74) is 3.01. The van der Waals surface area contributed by atoms with Gasteiger partial charge in [0.2, 0.25) is 5.88 Å². The van der Waals surface area contributed by atoms with Gasteiger partial charge in [-0.3, -0.25) is 9.20 Å². The second-order valence-corrected chi connectivity index (χ2v) is 7.63. The van der Waals surface area contributed by atoms with E-state index >= 15 is 0 Å². The summed E-state index contributed by atoms with van der Waals surface area (Å²) in [6.07, 6.45) is 3.71. The molecule has 0 bridgehead atoms. The molecular weight excluding hydrogens is 432 g/mol. The van der Waals surface area contributed by atoms with Gasteiger partial charge in [-0.15, -0.1) is 0 Å². The Hall–Kier alpha value is -3.65. The lowest BCUT2D eigenvalue weighted by atomic mass is 10.1. The first-order valence-electron chi connectivity index (χ1n) is 10.2. The highest BCUT2D eigenvalue weighted by Gasteiger charge is 2.19. The quantitative estimate of drug-likeness (QED) is 0.294. The number of carbonyl (C=O) groups excluding carboxylic acids is 1. The van der Waals surface area contributed by atoms with E-state index < -0.39 is 6.16 Å². The zero-order chi connectivity index (χ0) is 22.7. The van der Waals surface area contributed by atoms with Gasteiger partial charge in [0, 0.05) is 24.7 Å². The minimum absolute atomic E-state index is 0.132. The molecule has 32 heavy (non-hydrogen) atoms. The van der Waals surface area contributed by atoms with Crippen LogP contribution in [0.3, 0.4) is 0 Å². The maximum Gasteiger partial charge on any atom is 0.512 e. The summed E-state index contributed by atoms with van der Waals surface area (Å²) < 4.78 is 8.44. The molecule has 0 atom stereocenters. The SMILES string of the molecule is CCCCc1nc(Cl)c(C=O)n1Cc1ccc(-c2nc3ccccn3c2OC(=O)O)cc1. The van der Waals surface area contributed by atoms with Gasteiger partial charge in [-0.25, -0.2) is 14.8 Å². The van der Waals surface area contributed by atoms with E-state index in [1.807, 2.05) is 34.9 Å².